The molecule has 1 saturated heterocycles. The van der Waals surface area contributed by atoms with E-state index in [1.165, 1.54) is 0 Å². The molecule has 2 aromatic rings. The molecule has 1 aliphatic heterocycles. The van der Waals surface area contributed by atoms with Crippen molar-refractivity contribution < 1.29 is 13.9 Å². The Morgan fingerprint density at radius 2 is 1.88 bits per heavy atom. The van der Waals surface area contributed by atoms with E-state index in [9.17, 15) is 4.79 Å². The maximum Gasteiger partial charge on any atom is 0.247 e. The average molecular weight is 329 g/mol. The molecule has 6 heteroatoms. The number of hydrogen-bond acceptors (Lipinski definition) is 5. The molecule has 6 nitrogen and oxygen atoms in total. The smallest absolute Gasteiger partial charge is 0.247 e. The molecule has 1 fully saturated rings. The highest BCUT2D eigenvalue weighted by molar-refractivity contribution is 5.76. The normalized spacial score (nSPS) is 21.0. The molecule has 1 aromatic heterocycles. The van der Waals surface area contributed by atoms with Crippen LogP contribution in [0.4, 0.5) is 0 Å². The number of ether oxygens (including phenoxy) is 1. The number of carbonyl (C=O) groups excluding carboxylic acids is 1. The van der Waals surface area contributed by atoms with Crippen molar-refractivity contribution in [2.24, 2.45) is 0 Å². The van der Waals surface area contributed by atoms with Crippen LogP contribution in [0.5, 0.6) is 0 Å². The van der Waals surface area contributed by atoms with Crippen LogP contribution >= 0.6 is 0 Å². The number of aryl methyl sites for hydroxylation is 1. The Labute approximate surface area is 141 Å². The second kappa shape index (κ2) is 7.57. The molecule has 0 spiro atoms. The van der Waals surface area contributed by atoms with Crippen molar-refractivity contribution >= 4 is 5.91 Å². The van der Waals surface area contributed by atoms with Crippen LogP contribution in [0, 0.1) is 0 Å². The molecule has 0 saturated carbocycles. The highest BCUT2D eigenvalue weighted by atomic mass is 16.5. The summed E-state index contributed by atoms with van der Waals surface area (Å²) in [6, 6.07) is 9.67. The zero-order valence-corrected chi connectivity index (χ0v) is 14.1. The van der Waals surface area contributed by atoms with Gasteiger partial charge in [0.1, 0.15) is 0 Å². The van der Waals surface area contributed by atoms with Gasteiger partial charge in [0.15, 0.2) is 0 Å². The Bertz CT molecular complexity index is 661. The van der Waals surface area contributed by atoms with Crippen LogP contribution in [-0.2, 0) is 16.0 Å². The van der Waals surface area contributed by atoms with Crippen LogP contribution in [0.1, 0.15) is 32.6 Å². The van der Waals surface area contributed by atoms with Crippen LogP contribution in [-0.4, -0.2) is 46.3 Å². The molecule has 0 aliphatic carbocycles. The molecular formula is C18H23N3O3. The third kappa shape index (κ3) is 4.20. The molecule has 2 heterocycles. The van der Waals surface area contributed by atoms with Gasteiger partial charge in [-0.05, 0) is 32.4 Å². The van der Waals surface area contributed by atoms with Crippen LogP contribution < -0.4 is 0 Å². The fraction of sp³-hybridized carbons (Fsp3) is 0.500. The predicted octanol–water partition coefficient (Wildman–Crippen LogP) is 2.70. The zero-order valence-electron chi connectivity index (χ0n) is 14.1. The summed E-state index contributed by atoms with van der Waals surface area (Å²) < 4.78 is 11.3. The van der Waals surface area contributed by atoms with E-state index in [1.807, 2.05) is 49.1 Å². The number of hydrogen-bond donors (Lipinski definition) is 0. The van der Waals surface area contributed by atoms with Gasteiger partial charge in [0.2, 0.25) is 17.7 Å². The monoisotopic (exact) mass is 329 g/mol. The minimum atomic E-state index is 0.0991. The Balaban J connectivity index is 1.48. The largest absolute Gasteiger partial charge is 0.421 e. The van der Waals surface area contributed by atoms with Crippen molar-refractivity contribution in [2.45, 2.75) is 45.3 Å². The molecule has 0 bridgehead atoms. The van der Waals surface area contributed by atoms with E-state index in [4.69, 9.17) is 9.15 Å². The summed E-state index contributed by atoms with van der Waals surface area (Å²) in [5, 5.41) is 8.13. The summed E-state index contributed by atoms with van der Waals surface area (Å²) >= 11 is 0. The fourth-order valence-corrected chi connectivity index (χ4v) is 2.98. The van der Waals surface area contributed by atoms with E-state index < -0.39 is 0 Å². The maximum absolute atomic E-state index is 12.3. The molecule has 2 atom stereocenters. The van der Waals surface area contributed by atoms with E-state index in [0.717, 1.165) is 5.56 Å². The number of benzene rings is 1. The van der Waals surface area contributed by atoms with Crippen molar-refractivity contribution in [3.05, 3.63) is 36.2 Å². The van der Waals surface area contributed by atoms with Crippen molar-refractivity contribution in [2.75, 3.05) is 13.1 Å². The van der Waals surface area contributed by atoms with Gasteiger partial charge in [-0.1, -0.05) is 18.2 Å². The third-order valence-electron chi connectivity index (χ3n) is 4.04. The highest BCUT2D eigenvalue weighted by Gasteiger charge is 2.25. The minimum Gasteiger partial charge on any atom is -0.421 e. The first kappa shape index (κ1) is 16.6. The maximum atomic E-state index is 12.3. The molecule has 128 valence electrons. The zero-order chi connectivity index (χ0) is 16.9. The van der Waals surface area contributed by atoms with Gasteiger partial charge in [0.25, 0.3) is 0 Å². The number of nitrogens with zero attached hydrogens (tertiary/aromatic N) is 3. The lowest BCUT2D eigenvalue weighted by Gasteiger charge is -2.35. The SMILES string of the molecule is C[C@@H]1CN(C(=O)CCCc2nnc(-c3ccccc3)o2)C[C@@H](C)O1. The van der Waals surface area contributed by atoms with E-state index in [1.54, 1.807) is 0 Å². The molecule has 24 heavy (non-hydrogen) atoms. The topological polar surface area (TPSA) is 68.5 Å². The van der Waals surface area contributed by atoms with Crippen LogP contribution in [0.3, 0.4) is 0 Å². The average Bonchev–Trinajstić information content (AvgIpc) is 3.03. The van der Waals surface area contributed by atoms with Crippen molar-refractivity contribution in [1.82, 2.24) is 15.1 Å². The van der Waals surface area contributed by atoms with Gasteiger partial charge in [-0.3, -0.25) is 4.79 Å². The fourth-order valence-electron chi connectivity index (χ4n) is 2.98. The number of carbonyl (C=O) groups is 1. The van der Waals surface area contributed by atoms with Crippen molar-refractivity contribution in [1.29, 1.82) is 0 Å². The van der Waals surface area contributed by atoms with Crippen molar-refractivity contribution in [3.8, 4) is 11.5 Å². The molecule has 0 unspecified atom stereocenters. The summed E-state index contributed by atoms with van der Waals surface area (Å²) in [4.78, 5) is 14.2. The Morgan fingerprint density at radius 1 is 1.17 bits per heavy atom. The number of rotatable bonds is 5. The first-order valence-electron chi connectivity index (χ1n) is 8.43. The summed E-state index contributed by atoms with van der Waals surface area (Å²) in [5.41, 5.74) is 0.906. The van der Waals surface area contributed by atoms with E-state index in [-0.39, 0.29) is 18.1 Å². The van der Waals surface area contributed by atoms with E-state index >= 15 is 0 Å². The van der Waals surface area contributed by atoms with Crippen LogP contribution in [0.15, 0.2) is 34.7 Å². The standard InChI is InChI=1S/C18H23N3O3/c1-13-11-21(12-14(2)23-13)17(22)10-6-9-16-19-20-18(24-16)15-7-4-3-5-8-15/h3-5,7-8,13-14H,6,9-12H2,1-2H3/t13-,14-/m1/s1. The Hall–Kier alpha value is -2.21. The van der Waals surface area contributed by atoms with Gasteiger partial charge in [0.05, 0.1) is 12.2 Å². The summed E-state index contributed by atoms with van der Waals surface area (Å²) in [7, 11) is 0. The third-order valence-corrected chi connectivity index (χ3v) is 4.04. The summed E-state index contributed by atoms with van der Waals surface area (Å²) in [6.45, 7) is 5.34. The van der Waals surface area contributed by atoms with Crippen LogP contribution in [0.2, 0.25) is 0 Å². The molecule has 1 amide bonds. The first-order valence-corrected chi connectivity index (χ1v) is 8.43. The number of aromatic nitrogens is 2. The predicted molar refractivity (Wildman–Crippen MR) is 89.3 cm³/mol. The molecule has 0 N–H and O–H groups in total. The van der Waals surface area contributed by atoms with Gasteiger partial charge < -0.3 is 14.1 Å². The Kier molecular flexibility index (Phi) is 5.25. The van der Waals surface area contributed by atoms with Crippen LogP contribution in [0.25, 0.3) is 11.5 Å². The number of amides is 1. The second-order valence-electron chi connectivity index (χ2n) is 6.28. The molecule has 0 radical (unpaired) electrons. The minimum absolute atomic E-state index is 0.0991. The molecule has 1 aliphatic rings. The lowest BCUT2D eigenvalue weighted by molar-refractivity contribution is -0.143. The van der Waals surface area contributed by atoms with E-state index in [2.05, 4.69) is 10.2 Å². The quantitative estimate of drug-likeness (QED) is 0.843. The van der Waals surface area contributed by atoms with Gasteiger partial charge in [-0.25, -0.2) is 0 Å². The van der Waals surface area contributed by atoms with Crippen molar-refractivity contribution in [3.63, 3.8) is 0 Å². The molecular weight excluding hydrogens is 306 g/mol. The van der Waals surface area contributed by atoms with Gasteiger partial charge in [0, 0.05) is 31.5 Å². The number of morpholine rings is 1. The summed E-state index contributed by atoms with van der Waals surface area (Å²) in [6.07, 6.45) is 2.00. The lowest BCUT2D eigenvalue weighted by atomic mass is 10.1. The summed E-state index contributed by atoms with van der Waals surface area (Å²) in [5.74, 6) is 1.26. The Morgan fingerprint density at radius 3 is 2.58 bits per heavy atom. The molecule has 1 aromatic carbocycles. The van der Waals surface area contributed by atoms with Gasteiger partial charge in [-0.15, -0.1) is 10.2 Å². The van der Waals surface area contributed by atoms with Gasteiger partial charge in [-0.2, -0.15) is 0 Å². The lowest BCUT2D eigenvalue weighted by Crippen LogP contribution is -2.48. The highest BCUT2D eigenvalue weighted by Crippen LogP contribution is 2.18. The van der Waals surface area contributed by atoms with Gasteiger partial charge >= 0.3 is 0 Å². The second-order valence-corrected chi connectivity index (χ2v) is 6.28. The molecule has 3 rings (SSSR count). The van der Waals surface area contributed by atoms with E-state index in [0.29, 0.717) is 44.1 Å². The first-order chi connectivity index (χ1) is 11.6.